The van der Waals surface area contributed by atoms with Crippen molar-refractivity contribution in [2.24, 2.45) is 17.7 Å². The minimum atomic E-state index is 0.651. The van der Waals surface area contributed by atoms with E-state index in [2.05, 4.69) is 29.3 Å². The summed E-state index contributed by atoms with van der Waals surface area (Å²) in [5.74, 6) is 7.71. The zero-order chi connectivity index (χ0) is 12.4. The van der Waals surface area contributed by atoms with E-state index in [0.717, 1.165) is 30.6 Å². The molecule has 2 rings (SSSR count). The molecule has 4 nitrogen and oxygen atoms in total. The van der Waals surface area contributed by atoms with Gasteiger partial charge in [0.25, 0.3) is 0 Å². The number of nitrogens with one attached hydrogen (secondary N) is 1. The Labute approximate surface area is 107 Å². The fourth-order valence-electron chi connectivity index (χ4n) is 2.05. The van der Waals surface area contributed by atoms with E-state index in [1.54, 1.807) is 6.07 Å². The van der Waals surface area contributed by atoms with Crippen LogP contribution in [-0.2, 0) is 6.54 Å². The lowest BCUT2D eigenvalue weighted by Crippen LogP contribution is -2.22. The number of hydrogen-bond acceptors (Lipinski definition) is 4. The van der Waals surface area contributed by atoms with Crippen LogP contribution in [0.15, 0.2) is 12.1 Å². The molecule has 3 N–H and O–H groups in total. The van der Waals surface area contributed by atoms with Gasteiger partial charge < -0.3 is 10.3 Å². The molecule has 0 radical (unpaired) electrons. The summed E-state index contributed by atoms with van der Waals surface area (Å²) in [5.41, 5.74) is 3.41. The first kappa shape index (κ1) is 12.6. The predicted molar refractivity (Wildman–Crippen MR) is 70.7 cm³/mol. The maximum Gasteiger partial charge on any atom is 0.140 e. The van der Waals surface area contributed by atoms with Crippen LogP contribution in [0, 0.1) is 11.8 Å². The molecule has 0 aromatic carbocycles. The van der Waals surface area contributed by atoms with E-state index in [0.29, 0.717) is 10.8 Å². The van der Waals surface area contributed by atoms with Gasteiger partial charge in [-0.3, -0.25) is 0 Å². The summed E-state index contributed by atoms with van der Waals surface area (Å²) < 4.78 is 0. The number of hydrogen-bond donors (Lipinski definition) is 2. The van der Waals surface area contributed by atoms with Crippen LogP contribution in [0.4, 0.5) is 5.82 Å². The molecular formula is C12H19ClN4. The summed E-state index contributed by atoms with van der Waals surface area (Å²) in [5, 5.41) is 0.694. The monoisotopic (exact) mass is 254 g/mol. The average Bonchev–Trinajstić information content (AvgIpc) is 2.97. The number of aromatic nitrogens is 1. The van der Waals surface area contributed by atoms with Crippen molar-refractivity contribution in [1.29, 1.82) is 0 Å². The van der Waals surface area contributed by atoms with Crippen LogP contribution < -0.4 is 11.3 Å². The maximum absolute atomic E-state index is 6.12. The van der Waals surface area contributed by atoms with Gasteiger partial charge in [0.15, 0.2) is 0 Å². The number of nitrogens with zero attached hydrogens (tertiary/aromatic N) is 2. The zero-order valence-electron chi connectivity index (χ0n) is 10.3. The van der Waals surface area contributed by atoms with Crippen molar-refractivity contribution in [3.05, 3.63) is 22.8 Å². The molecule has 2 atom stereocenters. The normalized spacial score (nSPS) is 22.9. The summed E-state index contributed by atoms with van der Waals surface area (Å²) in [6.07, 6.45) is 1.34. The second-order valence-corrected chi connectivity index (χ2v) is 5.35. The van der Waals surface area contributed by atoms with Gasteiger partial charge in [-0.15, -0.1) is 0 Å². The minimum Gasteiger partial charge on any atom is -0.308 e. The smallest absolute Gasteiger partial charge is 0.140 e. The van der Waals surface area contributed by atoms with Crippen molar-refractivity contribution >= 4 is 17.4 Å². The second kappa shape index (κ2) is 5.21. The highest BCUT2D eigenvalue weighted by Crippen LogP contribution is 2.38. The van der Waals surface area contributed by atoms with E-state index in [1.807, 2.05) is 6.07 Å². The van der Waals surface area contributed by atoms with Crippen molar-refractivity contribution in [3.63, 3.8) is 0 Å². The number of halogens is 1. The Morgan fingerprint density at radius 2 is 2.29 bits per heavy atom. The van der Waals surface area contributed by atoms with E-state index < -0.39 is 0 Å². The molecule has 94 valence electrons. The van der Waals surface area contributed by atoms with Gasteiger partial charge in [0.1, 0.15) is 5.82 Å². The fraction of sp³-hybridized carbons (Fsp3) is 0.583. The van der Waals surface area contributed by atoms with Crippen molar-refractivity contribution in [1.82, 2.24) is 9.88 Å². The predicted octanol–water partition coefficient (Wildman–Crippen LogP) is 2.11. The first-order chi connectivity index (χ1) is 8.10. The summed E-state index contributed by atoms with van der Waals surface area (Å²) in [6.45, 7) is 4.17. The van der Waals surface area contributed by atoms with Crippen molar-refractivity contribution in [3.8, 4) is 0 Å². The van der Waals surface area contributed by atoms with Crippen LogP contribution in [0.1, 0.15) is 19.0 Å². The third kappa shape index (κ3) is 3.31. The molecule has 2 unspecified atom stereocenters. The van der Waals surface area contributed by atoms with Gasteiger partial charge in [0, 0.05) is 13.1 Å². The van der Waals surface area contributed by atoms with Gasteiger partial charge in [-0.1, -0.05) is 18.5 Å². The Morgan fingerprint density at radius 1 is 1.59 bits per heavy atom. The molecule has 0 amide bonds. The van der Waals surface area contributed by atoms with Crippen molar-refractivity contribution in [2.45, 2.75) is 19.9 Å². The third-order valence-corrected chi connectivity index (χ3v) is 3.65. The van der Waals surface area contributed by atoms with Crippen molar-refractivity contribution < 1.29 is 0 Å². The third-order valence-electron chi connectivity index (χ3n) is 3.31. The number of nitrogens with two attached hydrogens (primary N) is 1. The highest BCUT2D eigenvalue weighted by molar-refractivity contribution is 6.31. The quantitative estimate of drug-likeness (QED) is 0.624. The Bertz CT molecular complexity index is 396. The van der Waals surface area contributed by atoms with Gasteiger partial charge in [-0.2, -0.15) is 0 Å². The number of rotatable bonds is 5. The van der Waals surface area contributed by atoms with Crippen LogP contribution in [0.25, 0.3) is 0 Å². The molecular weight excluding hydrogens is 236 g/mol. The van der Waals surface area contributed by atoms with E-state index >= 15 is 0 Å². The van der Waals surface area contributed by atoms with Gasteiger partial charge in [0.05, 0.1) is 10.7 Å². The lowest BCUT2D eigenvalue weighted by atomic mass is 10.3. The molecule has 0 saturated heterocycles. The maximum atomic E-state index is 6.12. The van der Waals surface area contributed by atoms with Crippen LogP contribution in [0.2, 0.25) is 5.02 Å². The van der Waals surface area contributed by atoms with Gasteiger partial charge >= 0.3 is 0 Å². The van der Waals surface area contributed by atoms with Crippen LogP contribution in [0.5, 0.6) is 0 Å². The molecule has 1 aliphatic rings. The number of anilines is 1. The van der Waals surface area contributed by atoms with Gasteiger partial charge in [-0.05, 0) is 37.4 Å². The molecule has 1 aromatic rings. The number of hydrazine groups is 1. The fourth-order valence-corrected chi connectivity index (χ4v) is 2.21. The summed E-state index contributed by atoms with van der Waals surface area (Å²) in [7, 11) is 2.10. The summed E-state index contributed by atoms with van der Waals surface area (Å²) in [4.78, 5) is 6.63. The van der Waals surface area contributed by atoms with Gasteiger partial charge in [0.2, 0.25) is 0 Å². The minimum absolute atomic E-state index is 0.651. The number of pyridine rings is 1. The van der Waals surface area contributed by atoms with E-state index in [9.17, 15) is 0 Å². The van der Waals surface area contributed by atoms with E-state index in [1.165, 1.54) is 6.42 Å². The molecule has 1 aromatic heterocycles. The molecule has 1 aliphatic carbocycles. The van der Waals surface area contributed by atoms with E-state index in [-0.39, 0.29) is 0 Å². The SMILES string of the molecule is CC1CC1CN(C)Cc1nc(NN)ccc1Cl. The summed E-state index contributed by atoms with van der Waals surface area (Å²) >= 11 is 6.12. The molecule has 5 heteroatoms. The lowest BCUT2D eigenvalue weighted by molar-refractivity contribution is 0.304. The number of nitrogen functional groups attached to an aromatic ring is 1. The molecule has 1 fully saturated rings. The Morgan fingerprint density at radius 3 is 2.88 bits per heavy atom. The first-order valence-corrected chi connectivity index (χ1v) is 6.28. The largest absolute Gasteiger partial charge is 0.308 e. The van der Waals surface area contributed by atoms with Gasteiger partial charge in [-0.25, -0.2) is 10.8 Å². The van der Waals surface area contributed by atoms with Crippen molar-refractivity contribution in [2.75, 3.05) is 19.0 Å². The molecule has 17 heavy (non-hydrogen) atoms. The molecule has 0 spiro atoms. The summed E-state index contributed by atoms with van der Waals surface area (Å²) in [6, 6.07) is 3.60. The first-order valence-electron chi connectivity index (χ1n) is 5.90. The molecule has 0 aliphatic heterocycles. The highest BCUT2D eigenvalue weighted by Gasteiger charge is 2.33. The zero-order valence-corrected chi connectivity index (χ0v) is 11.0. The Hall–Kier alpha value is -0.840. The topological polar surface area (TPSA) is 54.2 Å². The second-order valence-electron chi connectivity index (χ2n) is 4.94. The Kier molecular flexibility index (Phi) is 3.86. The highest BCUT2D eigenvalue weighted by atomic mass is 35.5. The van der Waals surface area contributed by atoms with E-state index in [4.69, 9.17) is 17.4 Å². The standard InChI is InChI=1S/C12H19ClN4/c1-8-5-9(8)6-17(2)7-11-10(13)3-4-12(15-11)16-14/h3-4,8-9H,5-7,14H2,1-2H3,(H,15,16). The molecule has 1 heterocycles. The van der Waals surface area contributed by atoms with Crippen LogP contribution in [0.3, 0.4) is 0 Å². The average molecular weight is 255 g/mol. The van der Waals surface area contributed by atoms with Crippen LogP contribution >= 0.6 is 11.6 Å². The lowest BCUT2D eigenvalue weighted by Gasteiger charge is -2.17. The molecule has 0 bridgehead atoms. The Balaban J connectivity index is 1.96. The molecule has 1 saturated carbocycles. The van der Waals surface area contributed by atoms with Crippen LogP contribution in [-0.4, -0.2) is 23.5 Å².